The van der Waals surface area contributed by atoms with Gasteiger partial charge in [-0.15, -0.1) is 13.2 Å². The van der Waals surface area contributed by atoms with Gasteiger partial charge in [-0.3, -0.25) is 0 Å². The third kappa shape index (κ3) is 2.88. The largest absolute Gasteiger partial charge is 1.00 e. The van der Waals surface area contributed by atoms with Gasteiger partial charge in [0, 0.05) is 0 Å². The average molecular weight is 133 g/mol. The minimum atomic E-state index is 0. The van der Waals surface area contributed by atoms with Gasteiger partial charge in [-0.1, -0.05) is 43.0 Å². The van der Waals surface area contributed by atoms with Crippen LogP contribution in [0.1, 0.15) is 6.99 Å². The molecule has 0 heteroatoms. The molecule has 0 N–H and O–H groups in total. The predicted octanol–water partition coefficient (Wildman–Crippen LogP) is 3.24. The molecule has 1 rings (SSSR count). The van der Waals surface area contributed by atoms with Gasteiger partial charge in [0.05, 0.1) is 0 Å². The molecular formula is C10H13+. The molecule has 0 atom stereocenters. The molecule has 0 amide bonds. The quantitative estimate of drug-likeness (QED) is 0.516. The Balaban J connectivity index is 0. The Morgan fingerprint density at radius 1 is 1.10 bits per heavy atom. The first kappa shape index (κ1) is 8.70. The summed E-state index contributed by atoms with van der Waals surface area (Å²) in [6.07, 6.45) is 1.83. The van der Waals surface area contributed by atoms with E-state index in [4.69, 9.17) is 0 Å². The Labute approximate surface area is 64.0 Å². The van der Waals surface area contributed by atoms with Crippen LogP contribution < -0.4 is 0 Å². The summed E-state index contributed by atoms with van der Waals surface area (Å²) in [5.74, 6) is 0. The Morgan fingerprint density at radius 2 is 1.60 bits per heavy atom. The molecule has 0 saturated carbocycles. The van der Waals surface area contributed by atoms with Crippen molar-refractivity contribution in [2.45, 2.75) is 0 Å². The van der Waals surface area contributed by atoms with Crippen molar-refractivity contribution >= 4 is 6.08 Å². The molecular weight excluding hydrogens is 120 g/mol. The van der Waals surface area contributed by atoms with Crippen molar-refractivity contribution < 1.29 is 1.43 Å². The highest BCUT2D eigenvalue weighted by Gasteiger charge is 1.75. The van der Waals surface area contributed by atoms with E-state index in [0.29, 0.717) is 0 Å². The lowest BCUT2D eigenvalue weighted by Crippen LogP contribution is -1.63. The van der Waals surface area contributed by atoms with E-state index in [2.05, 4.69) is 19.7 Å². The van der Waals surface area contributed by atoms with Gasteiger partial charge in [0.15, 0.2) is 0 Å². The van der Waals surface area contributed by atoms with Crippen molar-refractivity contribution in [2.75, 3.05) is 0 Å². The van der Waals surface area contributed by atoms with E-state index in [1.807, 2.05) is 36.4 Å². The highest BCUT2D eigenvalue weighted by atomic mass is 13.8. The SMILES string of the molecule is C=C.C=Cc1ccccc1.[H+]. The van der Waals surface area contributed by atoms with Crippen molar-refractivity contribution in [3.63, 3.8) is 0 Å². The second kappa shape index (κ2) is 5.83. The van der Waals surface area contributed by atoms with Gasteiger partial charge < -0.3 is 0 Å². The first-order chi connectivity index (χ1) is 4.93. The van der Waals surface area contributed by atoms with Gasteiger partial charge >= 0.3 is 1.43 Å². The monoisotopic (exact) mass is 133 g/mol. The standard InChI is InChI=1S/C8H8.C2H4/c1-2-8-6-4-3-5-7-8;1-2/h2-7H,1H2;1-2H2/p+1. The second-order valence-electron chi connectivity index (χ2n) is 1.61. The van der Waals surface area contributed by atoms with Gasteiger partial charge in [0.2, 0.25) is 0 Å². The van der Waals surface area contributed by atoms with Gasteiger partial charge in [-0.25, -0.2) is 0 Å². The first-order valence-electron chi connectivity index (χ1n) is 3.11. The molecule has 0 aromatic heterocycles. The number of hydrogen-bond donors (Lipinski definition) is 0. The predicted molar refractivity (Wildman–Crippen MR) is 48.9 cm³/mol. The summed E-state index contributed by atoms with van der Waals surface area (Å²) in [6.45, 7) is 9.63. The van der Waals surface area contributed by atoms with E-state index >= 15 is 0 Å². The van der Waals surface area contributed by atoms with Crippen molar-refractivity contribution in [1.82, 2.24) is 0 Å². The zero-order chi connectivity index (χ0) is 7.82. The van der Waals surface area contributed by atoms with Gasteiger partial charge in [-0.05, 0) is 5.56 Å². The maximum Gasteiger partial charge on any atom is 1.00 e. The molecule has 0 aliphatic rings. The van der Waals surface area contributed by atoms with Crippen LogP contribution in [-0.4, -0.2) is 0 Å². The van der Waals surface area contributed by atoms with E-state index in [1.165, 1.54) is 5.56 Å². The van der Waals surface area contributed by atoms with E-state index in [1.54, 1.807) is 0 Å². The molecule has 1 aromatic carbocycles. The van der Waals surface area contributed by atoms with E-state index in [9.17, 15) is 0 Å². The van der Waals surface area contributed by atoms with Crippen LogP contribution in [0.2, 0.25) is 0 Å². The Bertz CT molecular complexity index is 179. The normalized spacial score (nSPS) is 7.20. The molecule has 0 aliphatic heterocycles. The van der Waals surface area contributed by atoms with E-state index < -0.39 is 0 Å². The Hall–Kier alpha value is -1.30. The van der Waals surface area contributed by atoms with Crippen molar-refractivity contribution in [3.05, 3.63) is 55.6 Å². The maximum absolute atomic E-state index is 3.63. The second-order valence-corrected chi connectivity index (χ2v) is 1.61. The van der Waals surface area contributed by atoms with E-state index in [-0.39, 0.29) is 1.43 Å². The molecule has 0 fully saturated rings. The lowest BCUT2D eigenvalue weighted by atomic mass is 10.2. The van der Waals surface area contributed by atoms with Crippen LogP contribution in [0.3, 0.4) is 0 Å². The van der Waals surface area contributed by atoms with Crippen LogP contribution in [0.5, 0.6) is 0 Å². The summed E-state index contributed by atoms with van der Waals surface area (Å²) in [5, 5.41) is 0. The highest BCUT2D eigenvalue weighted by molar-refractivity contribution is 5.45. The summed E-state index contributed by atoms with van der Waals surface area (Å²) in [6, 6.07) is 10.0. The highest BCUT2D eigenvalue weighted by Crippen LogP contribution is 1.97. The number of hydrogen-bond acceptors (Lipinski definition) is 0. The molecule has 0 nitrogen and oxygen atoms in total. The summed E-state index contributed by atoms with van der Waals surface area (Å²) < 4.78 is 0. The van der Waals surface area contributed by atoms with E-state index in [0.717, 1.165) is 0 Å². The van der Waals surface area contributed by atoms with Crippen LogP contribution in [0.25, 0.3) is 6.08 Å². The molecule has 0 aliphatic carbocycles. The molecule has 1 aromatic rings. The van der Waals surface area contributed by atoms with Crippen LogP contribution in [0.4, 0.5) is 0 Å². The molecule has 0 saturated heterocycles. The fraction of sp³-hybridized carbons (Fsp3) is 0. The Kier molecular flexibility index (Phi) is 5.07. The van der Waals surface area contributed by atoms with Crippen LogP contribution >= 0.6 is 0 Å². The maximum atomic E-state index is 3.63. The lowest BCUT2D eigenvalue weighted by Gasteiger charge is -1.85. The molecule has 0 radical (unpaired) electrons. The van der Waals surface area contributed by atoms with Crippen LogP contribution in [0, 0.1) is 0 Å². The molecule has 0 unspecified atom stereocenters. The smallest absolute Gasteiger partial charge is 0.106 e. The fourth-order valence-corrected chi connectivity index (χ4v) is 0.589. The number of benzene rings is 1. The minimum Gasteiger partial charge on any atom is -0.106 e. The Morgan fingerprint density at radius 3 is 1.90 bits per heavy atom. The summed E-state index contributed by atoms with van der Waals surface area (Å²) in [7, 11) is 0. The minimum absolute atomic E-state index is 0. The zero-order valence-corrected chi connectivity index (χ0v) is 6.09. The summed E-state index contributed by atoms with van der Waals surface area (Å²) >= 11 is 0. The summed E-state index contributed by atoms with van der Waals surface area (Å²) in [4.78, 5) is 0. The van der Waals surface area contributed by atoms with Crippen molar-refractivity contribution in [1.29, 1.82) is 0 Å². The zero-order valence-electron chi connectivity index (χ0n) is 7.09. The van der Waals surface area contributed by atoms with Crippen LogP contribution in [0.15, 0.2) is 50.1 Å². The average Bonchev–Trinajstić information content (AvgIpc) is 2.10. The summed E-state index contributed by atoms with van der Waals surface area (Å²) in [5.41, 5.74) is 1.17. The molecule has 0 spiro atoms. The lowest BCUT2D eigenvalue weighted by molar-refractivity contribution is 1.67. The third-order valence-electron chi connectivity index (χ3n) is 1.04. The number of rotatable bonds is 1. The molecule has 0 heterocycles. The van der Waals surface area contributed by atoms with Gasteiger partial charge in [-0.2, -0.15) is 0 Å². The van der Waals surface area contributed by atoms with Crippen molar-refractivity contribution in [2.24, 2.45) is 0 Å². The van der Waals surface area contributed by atoms with Crippen LogP contribution in [-0.2, 0) is 0 Å². The fourth-order valence-electron chi connectivity index (χ4n) is 0.589. The molecule has 52 valence electrons. The van der Waals surface area contributed by atoms with Crippen molar-refractivity contribution in [3.8, 4) is 0 Å². The third-order valence-corrected chi connectivity index (χ3v) is 1.04. The molecule has 10 heavy (non-hydrogen) atoms. The van der Waals surface area contributed by atoms with Gasteiger partial charge in [0.1, 0.15) is 0 Å². The molecule has 0 bridgehead atoms. The topological polar surface area (TPSA) is 0 Å². The first-order valence-corrected chi connectivity index (χ1v) is 3.11. The van der Waals surface area contributed by atoms with Gasteiger partial charge in [0.25, 0.3) is 0 Å².